The van der Waals surface area contributed by atoms with Gasteiger partial charge in [-0.3, -0.25) is 0 Å². The molecule has 0 saturated carbocycles. The average Bonchev–Trinajstić information content (AvgIpc) is 2.30. The third-order valence-electron chi connectivity index (χ3n) is 2.85. The highest BCUT2D eigenvalue weighted by molar-refractivity contribution is 5.58. The van der Waals surface area contributed by atoms with Crippen LogP contribution in [0.1, 0.15) is 32.8 Å². The van der Waals surface area contributed by atoms with E-state index in [4.69, 9.17) is 11.0 Å². The van der Waals surface area contributed by atoms with Crippen LogP contribution in [-0.2, 0) is 0 Å². The molecule has 0 bridgehead atoms. The van der Waals surface area contributed by atoms with Crippen molar-refractivity contribution in [3.8, 4) is 6.07 Å². The number of hydrogen-bond acceptors (Lipinski definition) is 3. The van der Waals surface area contributed by atoms with Gasteiger partial charge in [0.2, 0.25) is 0 Å². The van der Waals surface area contributed by atoms with Crippen molar-refractivity contribution < 1.29 is 4.39 Å². The Labute approximate surface area is 108 Å². The summed E-state index contributed by atoms with van der Waals surface area (Å²) in [7, 11) is 0. The van der Waals surface area contributed by atoms with Crippen molar-refractivity contribution in [1.82, 2.24) is 0 Å². The van der Waals surface area contributed by atoms with Gasteiger partial charge < -0.3 is 11.1 Å². The highest BCUT2D eigenvalue weighted by Crippen LogP contribution is 2.24. The normalized spacial score (nSPS) is 14.1. The minimum Gasteiger partial charge on any atom is -0.378 e. The first-order valence-corrected chi connectivity index (χ1v) is 6.08. The van der Waals surface area contributed by atoms with Gasteiger partial charge in [0.25, 0.3) is 0 Å². The molecule has 3 nitrogen and oxygen atoms in total. The van der Waals surface area contributed by atoms with Crippen molar-refractivity contribution in [1.29, 1.82) is 5.26 Å². The molecule has 3 N–H and O–H groups in total. The summed E-state index contributed by atoms with van der Waals surface area (Å²) in [4.78, 5) is 0. The molecular formula is C14H20FN3. The van der Waals surface area contributed by atoms with E-state index in [2.05, 4.69) is 19.2 Å². The zero-order valence-electron chi connectivity index (χ0n) is 11.1. The predicted octanol–water partition coefficient (Wildman–Crippen LogP) is 2.87. The first kappa shape index (κ1) is 14.5. The summed E-state index contributed by atoms with van der Waals surface area (Å²) in [5.74, 6) is 0.0763. The van der Waals surface area contributed by atoms with Gasteiger partial charge in [-0.2, -0.15) is 5.26 Å². The number of nitriles is 1. The summed E-state index contributed by atoms with van der Waals surface area (Å²) in [6.07, 6.45) is 0.881. The van der Waals surface area contributed by atoms with E-state index in [1.165, 1.54) is 12.1 Å². The molecule has 0 fully saturated rings. The molecule has 0 aliphatic carbocycles. The lowest BCUT2D eigenvalue weighted by atomic mass is 9.90. The molecule has 1 atom stereocenters. The van der Waals surface area contributed by atoms with Gasteiger partial charge in [-0.1, -0.05) is 13.8 Å². The SMILES string of the molecule is CC(C)CC(C)(CN)Nc1ccc(F)cc1C#N. The molecule has 0 amide bonds. The second-order valence-electron chi connectivity index (χ2n) is 5.29. The molecule has 1 rings (SSSR count). The molecule has 0 radical (unpaired) electrons. The van der Waals surface area contributed by atoms with Crippen LogP contribution in [0.15, 0.2) is 18.2 Å². The number of nitrogens with two attached hydrogens (primary N) is 1. The maximum absolute atomic E-state index is 13.1. The molecule has 0 heterocycles. The fraction of sp³-hybridized carbons (Fsp3) is 0.500. The molecule has 1 aromatic rings. The number of anilines is 1. The van der Waals surface area contributed by atoms with Crippen LogP contribution >= 0.6 is 0 Å². The van der Waals surface area contributed by atoms with E-state index in [1.807, 2.05) is 13.0 Å². The largest absolute Gasteiger partial charge is 0.378 e. The number of hydrogen-bond donors (Lipinski definition) is 2. The summed E-state index contributed by atoms with van der Waals surface area (Å²) in [6, 6.07) is 6.15. The molecule has 0 saturated heterocycles. The van der Waals surface area contributed by atoms with Gasteiger partial charge in [-0.25, -0.2) is 4.39 Å². The molecule has 1 aromatic carbocycles. The second-order valence-corrected chi connectivity index (χ2v) is 5.29. The number of nitrogens with one attached hydrogen (secondary N) is 1. The smallest absolute Gasteiger partial charge is 0.124 e. The molecular weight excluding hydrogens is 229 g/mol. The lowest BCUT2D eigenvalue weighted by molar-refractivity contribution is 0.407. The van der Waals surface area contributed by atoms with E-state index in [-0.39, 0.29) is 5.54 Å². The van der Waals surface area contributed by atoms with Crippen molar-refractivity contribution in [2.75, 3.05) is 11.9 Å². The average molecular weight is 249 g/mol. The zero-order valence-corrected chi connectivity index (χ0v) is 11.1. The quantitative estimate of drug-likeness (QED) is 0.843. The lowest BCUT2D eigenvalue weighted by Crippen LogP contribution is -2.43. The van der Waals surface area contributed by atoms with Crippen LogP contribution in [0, 0.1) is 23.1 Å². The Hall–Kier alpha value is -1.60. The lowest BCUT2D eigenvalue weighted by Gasteiger charge is -2.32. The summed E-state index contributed by atoms with van der Waals surface area (Å²) < 4.78 is 13.1. The minimum atomic E-state index is -0.407. The molecule has 98 valence electrons. The molecule has 1 unspecified atom stereocenters. The van der Waals surface area contributed by atoms with Crippen LogP contribution < -0.4 is 11.1 Å². The van der Waals surface area contributed by atoms with Gasteiger partial charge in [-0.15, -0.1) is 0 Å². The van der Waals surface area contributed by atoms with Crippen LogP contribution in [0.4, 0.5) is 10.1 Å². The van der Waals surface area contributed by atoms with Gasteiger partial charge in [0, 0.05) is 12.1 Å². The summed E-state index contributed by atoms with van der Waals surface area (Å²) in [5, 5.41) is 12.3. The molecule has 4 heteroatoms. The molecule has 0 aromatic heterocycles. The molecule has 0 spiro atoms. The van der Waals surface area contributed by atoms with Crippen LogP contribution in [-0.4, -0.2) is 12.1 Å². The van der Waals surface area contributed by atoms with Gasteiger partial charge >= 0.3 is 0 Å². The van der Waals surface area contributed by atoms with Crippen molar-refractivity contribution in [3.63, 3.8) is 0 Å². The van der Waals surface area contributed by atoms with E-state index in [9.17, 15) is 4.39 Å². The highest BCUT2D eigenvalue weighted by atomic mass is 19.1. The summed E-state index contributed by atoms with van der Waals surface area (Å²) in [5.41, 5.74) is 6.45. The van der Waals surface area contributed by atoms with Crippen molar-refractivity contribution in [3.05, 3.63) is 29.6 Å². The molecule has 18 heavy (non-hydrogen) atoms. The van der Waals surface area contributed by atoms with Crippen LogP contribution in [0.2, 0.25) is 0 Å². The van der Waals surface area contributed by atoms with Gasteiger partial charge in [-0.05, 0) is 37.5 Å². The van der Waals surface area contributed by atoms with E-state index < -0.39 is 5.82 Å². The number of nitrogens with zero attached hydrogens (tertiary/aromatic N) is 1. The maximum Gasteiger partial charge on any atom is 0.124 e. The number of rotatable bonds is 5. The number of halogens is 1. The maximum atomic E-state index is 13.1. The Morgan fingerprint density at radius 1 is 1.50 bits per heavy atom. The van der Waals surface area contributed by atoms with Crippen LogP contribution in [0.3, 0.4) is 0 Å². The molecule has 0 aliphatic rings. The third-order valence-corrected chi connectivity index (χ3v) is 2.85. The standard InChI is InChI=1S/C14H20FN3/c1-10(2)7-14(3,9-17)18-13-5-4-12(15)6-11(13)8-16/h4-6,10,18H,7,9,17H2,1-3H3. The second kappa shape index (κ2) is 5.83. The topological polar surface area (TPSA) is 61.8 Å². The Balaban J connectivity index is 2.98. The van der Waals surface area contributed by atoms with E-state index >= 15 is 0 Å². The molecule has 0 aliphatic heterocycles. The van der Waals surface area contributed by atoms with Crippen LogP contribution in [0.25, 0.3) is 0 Å². The zero-order chi connectivity index (χ0) is 13.8. The minimum absolute atomic E-state index is 0.294. The first-order chi connectivity index (χ1) is 8.40. The Morgan fingerprint density at radius 3 is 2.67 bits per heavy atom. The predicted molar refractivity (Wildman–Crippen MR) is 71.7 cm³/mol. The van der Waals surface area contributed by atoms with Crippen LogP contribution in [0.5, 0.6) is 0 Å². The van der Waals surface area contributed by atoms with Gasteiger partial charge in [0.1, 0.15) is 11.9 Å². The summed E-state index contributed by atoms with van der Waals surface area (Å²) >= 11 is 0. The summed E-state index contributed by atoms with van der Waals surface area (Å²) in [6.45, 7) is 6.70. The van der Waals surface area contributed by atoms with E-state index in [0.717, 1.165) is 6.42 Å². The fourth-order valence-electron chi connectivity index (χ4n) is 2.13. The Kier molecular flexibility index (Phi) is 4.69. The third kappa shape index (κ3) is 3.71. The van der Waals surface area contributed by atoms with Crippen molar-refractivity contribution >= 4 is 5.69 Å². The van der Waals surface area contributed by atoms with Gasteiger partial charge in [0.15, 0.2) is 0 Å². The Morgan fingerprint density at radius 2 is 2.17 bits per heavy atom. The van der Waals surface area contributed by atoms with Crippen molar-refractivity contribution in [2.45, 2.75) is 32.7 Å². The van der Waals surface area contributed by atoms with Gasteiger partial charge in [0.05, 0.1) is 11.3 Å². The van der Waals surface area contributed by atoms with E-state index in [0.29, 0.717) is 23.7 Å². The van der Waals surface area contributed by atoms with E-state index in [1.54, 1.807) is 6.07 Å². The Bertz CT molecular complexity index is 451. The van der Waals surface area contributed by atoms with Crippen molar-refractivity contribution in [2.24, 2.45) is 11.7 Å². The first-order valence-electron chi connectivity index (χ1n) is 6.08. The highest BCUT2D eigenvalue weighted by Gasteiger charge is 2.24. The fourth-order valence-corrected chi connectivity index (χ4v) is 2.13. The number of benzene rings is 1. The monoisotopic (exact) mass is 249 g/mol.